The molecule has 0 aromatic carbocycles. The molecule has 2 N–H and O–H groups in total. The molecule has 0 saturated carbocycles. The number of carbonyl (C=O) groups excluding carboxylic acids is 1. The third-order valence-electron chi connectivity index (χ3n) is 1.85. The van der Waals surface area contributed by atoms with E-state index in [0.717, 1.165) is 0 Å². The van der Waals surface area contributed by atoms with Gasteiger partial charge in [-0.15, -0.1) is 10.2 Å². The Labute approximate surface area is 85.3 Å². The molecule has 0 spiro atoms. The normalized spacial score (nSPS) is 12.1. The van der Waals surface area contributed by atoms with E-state index in [4.69, 9.17) is 5.11 Å². The smallest absolute Gasteiger partial charge is 0.308 e. The number of tetrazole rings is 1. The molecule has 1 aromatic rings. The van der Waals surface area contributed by atoms with Gasteiger partial charge in [-0.1, -0.05) is 6.92 Å². The van der Waals surface area contributed by atoms with Gasteiger partial charge >= 0.3 is 5.97 Å². The molecular formula is C7H11N5O3. The third-order valence-corrected chi connectivity index (χ3v) is 1.85. The Morgan fingerprint density at radius 3 is 2.73 bits per heavy atom. The van der Waals surface area contributed by atoms with Gasteiger partial charge in [-0.2, -0.15) is 5.21 Å². The number of H-pyrrole nitrogens is 1. The number of aliphatic carboxylic acids is 1. The summed E-state index contributed by atoms with van der Waals surface area (Å²) in [6.07, 6.45) is 0. The van der Waals surface area contributed by atoms with Crippen LogP contribution in [-0.2, 0) is 4.79 Å². The van der Waals surface area contributed by atoms with E-state index < -0.39 is 17.8 Å². The fourth-order valence-corrected chi connectivity index (χ4v) is 0.995. The summed E-state index contributed by atoms with van der Waals surface area (Å²) in [7, 11) is 1.48. The molecule has 1 unspecified atom stereocenters. The summed E-state index contributed by atoms with van der Waals surface area (Å²) in [4.78, 5) is 23.3. The Bertz CT molecular complexity index is 350. The molecule has 0 saturated heterocycles. The number of rotatable bonds is 4. The molecule has 8 heteroatoms. The van der Waals surface area contributed by atoms with E-state index in [1.807, 2.05) is 0 Å². The van der Waals surface area contributed by atoms with Crippen molar-refractivity contribution in [1.82, 2.24) is 25.5 Å². The summed E-state index contributed by atoms with van der Waals surface area (Å²) in [6.45, 7) is 1.62. The Kier molecular flexibility index (Phi) is 3.32. The Hall–Kier alpha value is -1.99. The summed E-state index contributed by atoms with van der Waals surface area (Å²) < 4.78 is 0. The minimum Gasteiger partial charge on any atom is -0.481 e. The van der Waals surface area contributed by atoms with Crippen molar-refractivity contribution in [2.75, 3.05) is 13.6 Å². The van der Waals surface area contributed by atoms with Gasteiger partial charge in [0, 0.05) is 13.6 Å². The summed E-state index contributed by atoms with van der Waals surface area (Å²) >= 11 is 0. The van der Waals surface area contributed by atoms with Crippen LogP contribution >= 0.6 is 0 Å². The van der Waals surface area contributed by atoms with Gasteiger partial charge in [0.25, 0.3) is 11.7 Å². The van der Waals surface area contributed by atoms with Crippen molar-refractivity contribution in [3.05, 3.63) is 5.82 Å². The third kappa shape index (κ3) is 2.73. The number of carbonyl (C=O) groups is 2. The van der Waals surface area contributed by atoms with Crippen molar-refractivity contribution in [1.29, 1.82) is 0 Å². The lowest BCUT2D eigenvalue weighted by Gasteiger charge is -2.17. The van der Waals surface area contributed by atoms with Crippen LogP contribution in [-0.4, -0.2) is 56.1 Å². The predicted molar refractivity (Wildman–Crippen MR) is 47.9 cm³/mol. The zero-order chi connectivity index (χ0) is 11.4. The van der Waals surface area contributed by atoms with E-state index in [1.165, 1.54) is 18.9 Å². The number of carboxylic acid groups (broad SMARTS) is 1. The van der Waals surface area contributed by atoms with Crippen molar-refractivity contribution >= 4 is 11.9 Å². The van der Waals surface area contributed by atoms with Crippen molar-refractivity contribution < 1.29 is 14.7 Å². The second-order valence-corrected chi connectivity index (χ2v) is 3.16. The molecule has 82 valence electrons. The van der Waals surface area contributed by atoms with Gasteiger partial charge in [-0.05, 0) is 5.21 Å². The number of hydrogen-bond donors (Lipinski definition) is 2. The monoisotopic (exact) mass is 213 g/mol. The van der Waals surface area contributed by atoms with E-state index >= 15 is 0 Å². The molecule has 15 heavy (non-hydrogen) atoms. The van der Waals surface area contributed by atoms with Crippen molar-refractivity contribution in [3.8, 4) is 0 Å². The number of amides is 1. The first-order chi connectivity index (χ1) is 7.02. The van der Waals surface area contributed by atoms with E-state index in [1.54, 1.807) is 0 Å². The van der Waals surface area contributed by atoms with E-state index in [0.29, 0.717) is 0 Å². The van der Waals surface area contributed by atoms with E-state index in [-0.39, 0.29) is 12.4 Å². The molecule has 8 nitrogen and oxygen atoms in total. The zero-order valence-corrected chi connectivity index (χ0v) is 8.34. The van der Waals surface area contributed by atoms with Crippen molar-refractivity contribution in [2.45, 2.75) is 6.92 Å². The maximum Gasteiger partial charge on any atom is 0.308 e. The molecule has 1 heterocycles. The number of nitrogens with zero attached hydrogens (tertiary/aromatic N) is 4. The average Bonchev–Trinajstić information content (AvgIpc) is 2.68. The number of hydrogen-bond acceptors (Lipinski definition) is 5. The Morgan fingerprint density at radius 2 is 2.27 bits per heavy atom. The van der Waals surface area contributed by atoms with E-state index in [2.05, 4.69) is 20.6 Å². The van der Waals surface area contributed by atoms with Crippen LogP contribution in [0.2, 0.25) is 0 Å². The van der Waals surface area contributed by atoms with Crippen LogP contribution < -0.4 is 0 Å². The molecule has 1 aromatic heterocycles. The fraction of sp³-hybridized carbons (Fsp3) is 0.571. The first kappa shape index (κ1) is 11.1. The van der Waals surface area contributed by atoms with Gasteiger partial charge < -0.3 is 10.0 Å². The lowest BCUT2D eigenvalue weighted by atomic mass is 10.2. The first-order valence-corrected chi connectivity index (χ1v) is 4.24. The topological polar surface area (TPSA) is 112 Å². The molecule has 1 amide bonds. The zero-order valence-electron chi connectivity index (χ0n) is 8.34. The van der Waals surface area contributed by atoms with Crippen molar-refractivity contribution in [3.63, 3.8) is 0 Å². The second kappa shape index (κ2) is 4.49. The second-order valence-electron chi connectivity index (χ2n) is 3.16. The molecule has 0 aliphatic carbocycles. The molecular weight excluding hydrogens is 202 g/mol. The van der Waals surface area contributed by atoms with Crippen LogP contribution in [0.15, 0.2) is 0 Å². The van der Waals surface area contributed by atoms with Crippen LogP contribution in [0.25, 0.3) is 0 Å². The Balaban J connectivity index is 2.58. The highest BCUT2D eigenvalue weighted by molar-refractivity contribution is 5.90. The standard InChI is InChI=1S/C7H11N5O3/c1-4(7(14)15)3-12(2)6(13)5-8-10-11-9-5/h4H,3H2,1-2H3,(H,14,15)(H,8,9,10,11). The van der Waals surface area contributed by atoms with Crippen LogP contribution in [0, 0.1) is 5.92 Å². The maximum atomic E-state index is 11.5. The number of aromatic nitrogens is 4. The van der Waals surface area contributed by atoms with Gasteiger partial charge in [-0.3, -0.25) is 9.59 Å². The molecule has 0 aliphatic rings. The van der Waals surface area contributed by atoms with Crippen LogP contribution in [0.1, 0.15) is 17.5 Å². The number of nitrogens with one attached hydrogen (secondary N) is 1. The molecule has 0 radical (unpaired) electrons. The lowest BCUT2D eigenvalue weighted by Crippen LogP contribution is -2.34. The van der Waals surface area contributed by atoms with Gasteiger partial charge in [0.05, 0.1) is 5.92 Å². The molecule has 0 aliphatic heterocycles. The van der Waals surface area contributed by atoms with Gasteiger partial charge in [0.2, 0.25) is 0 Å². The van der Waals surface area contributed by atoms with Crippen LogP contribution in [0.5, 0.6) is 0 Å². The van der Waals surface area contributed by atoms with Gasteiger partial charge in [0.15, 0.2) is 0 Å². The summed E-state index contributed by atoms with van der Waals surface area (Å²) in [5.41, 5.74) is 0. The molecule has 0 fully saturated rings. The van der Waals surface area contributed by atoms with E-state index in [9.17, 15) is 9.59 Å². The first-order valence-electron chi connectivity index (χ1n) is 4.24. The minimum atomic E-state index is -0.956. The summed E-state index contributed by atoms with van der Waals surface area (Å²) in [5, 5.41) is 21.0. The SMILES string of the molecule is CC(CN(C)C(=O)c1nn[nH]n1)C(=O)O. The van der Waals surface area contributed by atoms with Gasteiger partial charge in [0.1, 0.15) is 0 Å². The number of carboxylic acids is 1. The quantitative estimate of drug-likeness (QED) is 0.662. The molecule has 1 atom stereocenters. The van der Waals surface area contributed by atoms with Crippen LogP contribution in [0.3, 0.4) is 0 Å². The number of aromatic amines is 1. The Morgan fingerprint density at radius 1 is 1.60 bits per heavy atom. The molecule has 0 bridgehead atoms. The van der Waals surface area contributed by atoms with Gasteiger partial charge in [-0.25, -0.2) is 0 Å². The highest BCUT2D eigenvalue weighted by atomic mass is 16.4. The average molecular weight is 213 g/mol. The summed E-state index contributed by atoms with van der Waals surface area (Å²) in [5.74, 6) is -2.12. The maximum absolute atomic E-state index is 11.5. The largest absolute Gasteiger partial charge is 0.481 e. The van der Waals surface area contributed by atoms with Crippen molar-refractivity contribution in [2.24, 2.45) is 5.92 Å². The minimum absolute atomic E-state index is 0.0740. The van der Waals surface area contributed by atoms with Crippen LogP contribution in [0.4, 0.5) is 0 Å². The highest BCUT2D eigenvalue weighted by Gasteiger charge is 2.20. The molecule has 1 rings (SSSR count). The predicted octanol–water partition coefficient (Wildman–Crippen LogP) is -1.01. The fourth-order valence-electron chi connectivity index (χ4n) is 0.995. The summed E-state index contributed by atoms with van der Waals surface area (Å²) in [6, 6.07) is 0. The lowest BCUT2D eigenvalue weighted by molar-refractivity contribution is -0.141. The highest BCUT2D eigenvalue weighted by Crippen LogP contribution is 2.01.